The van der Waals surface area contributed by atoms with Gasteiger partial charge in [-0.3, -0.25) is 15.1 Å². The second-order valence-electron chi connectivity index (χ2n) is 4.30. The fourth-order valence-corrected chi connectivity index (χ4v) is 1.92. The number of hydrogen-bond acceptors (Lipinski definition) is 3. The van der Waals surface area contributed by atoms with E-state index in [0.29, 0.717) is 19.1 Å². The summed E-state index contributed by atoms with van der Waals surface area (Å²) in [6.45, 7) is 5.29. The quantitative estimate of drug-likeness (QED) is 0.846. The van der Waals surface area contributed by atoms with Gasteiger partial charge in [-0.05, 0) is 31.0 Å². The molecule has 5 heteroatoms. The molecule has 1 aliphatic rings. The minimum Gasteiger partial charge on any atom is -0.494 e. The average molecular weight is 261 g/mol. The molecule has 1 amide bonds. The number of guanidine groups is 1. The van der Waals surface area contributed by atoms with Gasteiger partial charge in [0.05, 0.1) is 6.61 Å². The number of carbonyl (C=O) groups is 1. The highest BCUT2D eigenvalue weighted by Gasteiger charge is 2.29. The van der Waals surface area contributed by atoms with Crippen LogP contribution in [0.25, 0.3) is 0 Å². The minimum atomic E-state index is -0.393. The molecule has 1 heterocycles. The monoisotopic (exact) mass is 261 g/mol. The SMILES string of the molecule is CCCN=C1NC(=O)C(c2cccc(OCC)c2)N1. The topological polar surface area (TPSA) is 62.7 Å². The lowest BCUT2D eigenvalue weighted by Crippen LogP contribution is -2.25. The highest BCUT2D eigenvalue weighted by atomic mass is 16.5. The molecule has 0 radical (unpaired) electrons. The Bertz CT molecular complexity index is 485. The Morgan fingerprint density at radius 2 is 2.21 bits per heavy atom. The lowest BCUT2D eigenvalue weighted by atomic mass is 10.1. The largest absolute Gasteiger partial charge is 0.494 e. The van der Waals surface area contributed by atoms with Crippen LogP contribution in [0.2, 0.25) is 0 Å². The molecule has 1 atom stereocenters. The van der Waals surface area contributed by atoms with Crippen molar-refractivity contribution in [3.8, 4) is 5.75 Å². The first-order valence-electron chi connectivity index (χ1n) is 6.59. The Morgan fingerprint density at radius 3 is 2.95 bits per heavy atom. The van der Waals surface area contributed by atoms with Crippen molar-refractivity contribution < 1.29 is 9.53 Å². The van der Waals surface area contributed by atoms with Crippen molar-refractivity contribution in [3.05, 3.63) is 29.8 Å². The van der Waals surface area contributed by atoms with Gasteiger partial charge < -0.3 is 10.1 Å². The van der Waals surface area contributed by atoms with Crippen molar-refractivity contribution in [3.63, 3.8) is 0 Å². The van der Waals surface area contributed by atoms with Crippen molar-refractivity contribution >= 4 is 11.9 Å². The van der Waals surface area contributed by atoms with E-state index in [1.165, 1.54) is 0 Å². The number of nitrogens with one attached hydrogen (secondary N) is 2. The Morgan fingerprint density at radius 1 is 1.37 bits per heavy atom. The van der Waals surface area contributed by atoms with E-state index in [9.17, 15) is 4.79 Å². The summed E-state index contributed by atoms with van der Waals surface area (Å²) in [7, 11) is 0. The molecule has 0 aliphatic carbocycles. The molecule has 1 unspecified atom stereocenters. The molecule has 5 nitrogen and oxygen atoms in total. The predicted molar refractivity (Wildman–Crippen MR) is 74.2 cm³/mol. The number of benzene rings is 1. The third kappa shape index (κ3) is 3.24. The average Bonchev–Trinajstić information content (AvgIpc) is 2.78. The molecule has 102 valence electrons. The Kier molecular flexibility index (Phi) is 4.39. The molecule has 1 aliphatic heterocycles. The summed E-state index contributed by atoms with van der Waals surface area (Å²) in [6.07, 6.45) is 0.950. The summed E-state index contributed by atoms with van der Waals surface area (Å²) in [5.41, 5.74) is 0.880. The van der Waals surface area contributed by atoms with Crippen LogP contribution in [0.1, 0.15) is 31.9 Å². The van der Waals surface area contributed by atoms with Gasteiger partial charge in [0.15, 0.2) is 5.96 Å². The van der Waals surface area contributed by atoms with E-state index in [-0.39, 0.29) is 5.91 Å². The maximum atomic E-state index is 11.9. The zero-order chi connectivity index (χ0) is 13.7. The number of hydrogen-bond donors (Lipinski definition) is 2. The summed E-state index contributed by atoms with van der Waals surface area (Å²) in [5.74, 6) is 1.25. The number of aliphatic imine (C=N–C) groups is 1. The van der Waals surface area contributed by atoms with E-state index in [0.717, 1.165) is 17.7 Å². The van der Waals surface area contributed by atoms with Crippen LogP contribution in [0.4, 0.5) is 0 Å². The van der Waals surface area contributed by atoms with Crippen molar-refractivity contribution in [2.24, 2.45) is 4.99 Å². The lowest BCUT2D eigenvalue weighted by molar-refractivity contribution is -0.120. The van der Waals surface area contributed by atoms with E-state index in [4.69, 9.17) is 4.74 Å². The zero-order valence-corrected chi connectivity index (χ0v) is 11.3. The van der Waals surface area contributed by atoms with Gasteiger partial charge >= 0.3 is 0 Å². The van der Waals surface area contributed by atoms with E-state index in [1.807, 2.05) is 38.1 Å². The molecule has 1 aromatic carbocycles. The maximum Gasteiger partial charge on any atom is 0.253 e. The predicted octanol–water partition coefficient (Wildman–Crippen LogP) is 1.61. The fourth-order valence-electron chi connectivity index (χ4n) is 1.92. The van der Waals surface area contributed by atoms with Gasteiger partial charge in [-0.25, -0.2) is 0 Å². The minimum absolute atomic E-state index is 0.0801. The van der Waals surface area contributed by atoms with E-state index < -0.39 is 6.04 Å². The first-order valence-corrected chi connectivity index (χ1v) is 6.59. The molecular formula is C14H19N3O2. The molecule has 0 aromatic heterocycles. The van der Waals surface area contributed by atoms with Crippen molar-refractivity contribution in [1.29, 1.82) is 0 Å². The molecule has 1 aromatic rings. The van der Waals surface area contributed by atoms with E-state index in [1.54, 1.807) is 0 Å². The van der Waals surface area contributed by atoms with Crippen LogP contribution in [0, 0.1) is 0 Å². The van der Waals surface area contributed by atoms with E-state index in [2.05, 4.69) is 15.6 Å². The number of nitrogens with zero attached hydrogens (tertiary/aromatic N) is 1. The second kappa shape index (κ2) is 6.22. The Balaban J connectivity index is 2.13. The number of amides is 1. The van der Waals surface area contributed by atoms with Gasteiger partial charge in [0, 0.05) is 6.54 Å². The second-order valence-corrected chi connectivity index (χ2v) is 4.30. The Labute approximate surface area is 113 Å². The highest BCUT2D eigenvalue weighted by Crippen LogP contribution is 2.21. The van der Waals surface area contributed by atoms with Crippen LogP contribution in [-0.4, -0.2) is 25.0 Å². The molecular weight excluding hydrogens is 242 g/mol. The molecule has 2 rings (SSSR count). The van der Waals surface area contributed by atoms with Crippen LogP contribution < -0.4 is 15.4 Å². The van der Waals surface area contributed by atoms with Crippen molar-refractivity contribution in [2.45, 2.75) is 26.3 Å². The summed E-state index contributed by atoms with van der Waals surface area (Å²) < 4.78 is 5.44. The summed E-state index contributed by atoms with van der Waals surface area (Å²) >= 11 is 0. The van der Waals surface area contributed by atoms with Crippen LogP contribution in [0.15, 0.2) is 29.3 Å². The maximum absolute atomic E-state index is 11.9. The van der Waals surface area contributed by atoms with Crippen molar-refractivity contribution in [1.82, 2.24) is 10.6 Å². The zero-order valence-electron chi connectivity index (χ0n) is 11.3. The first-order chi connectivity index (χ1) is 9.24. The fraction of sp³-hybridized carbons (Fsp3) is 0.429. The molecule has 1 fully saturated rings. The summed E-state index contributed by atoms with van der Waals surface area (Å²) in [6, 6.07) is 7.16. The normalized spacial score (nSPS) is 20.2. The van der Waals surface area contributed by atoms with Gasteiger partial charge in [0.1, 0.15) is 11.8 Å². The highest BCUT2D eigenvalue weighted by molar-refractivity contribution is 6.06. The van der Waals surface area contributed by atoms with Crippen LogP contribution in [0.5, 0.6) is 5.75 Å². The third-order valence-corrected chi connectivity index (χ3v) is 2.78. The molecule has 1 saturated heterocycles. The smallest absolute Gasteiger partial charge is 0.253 e. The standard InChI is InChI=1S/C14H19N3O2/c1-3-8-15-14-16-12(13(18)17-14)10-6-5-7-11(9-10)19-4-2/h5-7,9,12H,3-4,8H2,1-2H3,(H2,15,16,17,18). The van der Waals surface area contributed by atoms with Gasteiger partial charge in [-0.2, -0.15) is 0 Å². The molecule has 0 spiro atoms. The first kappa shape index (κ1) is 13.4. The van der Waals surface area contributed by atoms with Crippen LogP contribution in [-0.2, 0) is 4.79 Å². The summed E-state index contributed by atoms with van der Waals surface area (Å²) in [5, 5.41) is 5.84. The van der Waals surface area contributed by atoms with E-state index >= 15 is 0 Å². The van der Waals surface area contributed by atoms with Crippen LogP contribution >= 0.6 is 0 Å². The van der Waals surface area contributed by atoms with Crippen molar-refractivity contribution in [2.75, 3.05) is 13.2 Å². The number of ether oxygens (including phenoxy) is 1. The van der Waals surface area contributed by atoms with Gasteiger partial charge in [0.25, 0.3) is 5.91 Å². The molecule has 0 bridgehead atoms. The van der Waals surface area contributed by atoms with Crippen LogP contribution in [0.3, 0.4) is 0 Å². The number of rotatable bonds is 5. The Hall–Kier alpha value is -2.04. The molecule has 19 heavy (non-hydrogen) atoms. The van der Waals surface area contributed by atoms with Gasteiger partial charge in [0.2, 0.25) is 0 Å². The molecule has 0 saturated carbocycles. The number of carbonyl (C=O) groups excluding carboxylic acids is 1. The van der Waals surface area contributed by atoms with Gasteiger partial charge in [-0.1, -0.05) is 19.1 Å². The lowest BCUT2D eigenvalue weighted by Gasteiger charge is -2.10. The third-order valence-electron chi connectivity index (χ3n) is 2.78. The van der Waals surface area contributed by atoms with Gasteiger partial charge in [-0.15, -0.1) is 0 Å². The molecule has 2 N–H and O–H groups in total. The summed E-state index contributed by atoms with van der Waals surface area (Å²) in [4.78, 5) is 16.2.